The summed E-state index contributed by atoms with van der Waals surface area (Å²) in [6.07, 6.45) is 8.30. The van der Waals surface area contributed by atoms with Crippen LogP contribution in [0.1, 0.15) is 39.0 Å². The Balaban J connectivity index is 0.00000225. The summed E-state index contributed by atoms with van der Waals surface area (Å²) < 4.78 is 2.22. The van der Waals surface area contributed by atoms with Crippen LogP contribution in [0.4, 0.5) is 0 Å². The van der Waals surface area contributed by atoms with E-state index in [9.17, 15) is 0 Å². The fourth-order valence-electron chi connectivity index (χ4n) is 3.47. The maximum absolute atomic E-state index is 4.44. The molecule has 0 spiro atoms. The standard InChI is InChI=1S/C19H29N5.HI/c1-3-19(10-6-11-19)14-22-18(20-2)21-12-7-13-24-15-23-16-8-4-5-9-17(16)24;/h4-5,8-9,15H,3,6-7,10-14H2,1-2H3,(H2,20,21,22);1H. The van der Waals surface area contributed by atoms with Crippen molar-refractivity contribution < 1.29 is 0 Å². The van der Waals surface area contributed by atoms with Gasteiger partial charge in [-0.05, 0) is 43.2 Å². The first-order valence-corrected chi connectivity index (χ1v) is 9.11. The highest BCUT2D eigenvalue weighted by molar-refractivity contribution is 14.0. The van der Waals surface area contributed by atoms with Gasteiger partial charge in [0.25, 0.3) is 0 Å². The van der Waals surface area contributed by atoms with Crippen LogP contribution in [0.15, 0.2) is 35.6 Å². The molecule has 1 heterocycles. The van der Waals surface area contributed by atoms with Crippen molar-refractivity contribution in [1.29, 1.82) is 0 Å². The van der Waals surface area contributed by atoms with Crippen molar-refractivity contribution in [3.63, 3.8) is 0 Å². The van der Waals surface area contributed by atoms with Crippen LogP contribution in [0.25, 0.3) is 11.0 Å². The number of nitrogens with zero attached hydrogens (tertiary/aromatic N) is 3. The number of para-hydroxylation sites is 2. The number of fused-ring (bicyclic) bond motifs is 1. The van der Waals surface area contributed by atoms with E-state index in [0.717, 1.165) is 37.5 Å². The molecule has 1 fully saturated rings. The van der Waals surface area contributed by atoms with Gasteiger partial charge < -0.3 is 15.2 Å². The van der Waals surface area contributed by atoms with E-state index >= 15 is 0 Å². The van der Waals surface area contributed by atoms with Crippen LogP contribution in [0.5, 0.6) is 0 Å². The Hall–Kier alpha value is -1.31. The number of rotatable bonds is 7. The van der Waals surface area contributed by atoms with Gasteiger partial charge in [0, 0.05) is 26.7 Å². The van der Waals surface area contributed by atoms with Gasteiger partial charge >= 0.3 is 0 Å². The predicted octanol–water partition coefficient (Wildman–Crippen LogP) is 3.79. The SMILES string of the molecule is CCC1(CNC(=NC)NCCCn2cnc3ccccc32)CCC1.I. The highest BCUT2D eigenvalue weighted by Gasteiger charge is 2.34. The molecule has 0 atom stereocenters. The third-order valence-electron chi connectivity index (χ3n) is 5.41. The van der Waals surface area contributed by atoms with Crippen LogP contribution in [0.3, 0.4) is 0 Å². The summed E-state index contributed by atoms with van der Waals surface area (Å²) in [7, 11) is 1.85. The Bertz CT molecular complexity index is 684. The van der Waals surface area contributed by atoms with Gasteiger partial charge in [0.05, 0.1) is 17.4 Å². The molecule has 138 valence electrons. The smallest absolute Gasteiger partial charge is 0.190 e. The minimum absolute atomic E-state index is 0. The molecule has 0 radical (unpaired) electrons. The second-order valence-corrected chi connectivity index (χ2v) is 6.84. The van der Waals surface area contributed by atoms with Crippen molar-refractivity contribution in [1.82, 2.24) is 20.2 Å². The first-order valence-electron chi connectivity index (χ1n) is 9.11. The molecule has 6 heteroatoms. The van der Waals surface area contributed by atoms with Gasteiger partial charge in [0.15, 0.2) is 5.96 Å². The fraction of sp³-hybridized carbons (Fsp3) is 0.579. The number of aromatic nitrogens is 2. The molecular weight excluding hydrogens is 425 g/mol. The lowest BCUT2D eigenvalue weighted by Crippen LogP contribution is -2.46. The lowest BCUT2D eigenvalue weighted by atomic mass is 9.67. The summed E-state index contributed by atoms with van der Waals surface area (Å²) >= 11 is 0. The number of aliphatic imine (C=N–C) groups is 1. The van der Waals surface area contributed by atoms with Gasteiger partial charge in [-0.1, -0.05) is 25.5 Å². The Labute approximate surface area is 167 Å². The molecule has 1 aliphatic carbocycles. The van der Waals surface area contributed by atoms with Crippen molar-refractivity contribution in [2.24, 2.45) is 10.4 Å². The highest BCUT2D eigenvalue weighted by Crippen LogP contribution is 2.42. The summed E-state index contributed by atoms with van der Waals surface area (Å²) in [6.45, 7) is 5.20. The third-order valence-corrected chi connectivity index (χ3v) is 5.41. The van der Waals surface area contributed by atoms with Crippen molar-refractivity contribution in [3.05, 3.63) is 30.6 Å². The minimum atomic E-state index is 0. The average molecular weight is 455 g/mol. The number of aryl methyl sites for hydroxylation is 1. The predicted molar refractivity (Wildman–Crippen MR) is 116 cm³/mol. The number of guanidine groups is 1. The Morgan fingerprint density at radius 3 is 2.76 bits per heavy atom. The molecule has 5 nitrogen and oxygen atoms in total. The van der Waals surface area contributed by atoms with E-state index in [1.807, 2.05) is 19.4 Å². The number of benzene rings is 1. The lowest BCUT2D eigenvalue weighted by Gasteiger charge is -2.41. The van der Waals surface area contributed by atoms with E-state index in [1.54, 1.807) is 0 Å². The highest BCUT2D eigenvalue weighted by atomic mass is 127. The van der Waals surface area contributed by atoms with Gasteiger partial charge in [-0.15, -0.1) is 24.0 Å². The Morgan fingerprint density at radius 2 is 2.08 bits per heavy atom. The molecule has 0 saturated heterocycles. The number of imidazole rings is 1. The molecule has 25 heavy (non-hydrogen) atoms. The molecule has 0 bridgehead atoms. The summed E-state index contributed by atoms with van der Waals surface area (Å²) in [5.41, 5.74) is 2.77. The Morgan fingerprint density at radius 1 is 1.28 bits per heavy atom. The summed E-state index contributed by atoms with van der Waals surface area (Å²) in [6, 6.07) is 8.27. The topological polar surface area (TPSA) is 54.2 Å². The van der Waals surface area contributed by atoms with Crippen LogP contribution >= 0.6 is 24.0 Å². The zero-order valence-electron chi connectivity index (χ0n) is 15.3. The average Bonchev–Trinajstić information content (AvgIpc) is 2.99. The minimum Gasteiger partial charge on any atom is -0.356 e. The van der Waals surface area contributed by atoms with Crippen LogP contribution in [0, 0.1) is 5.41 Å². The number of halogens is 1. The molecule has 1 aromatic heterocycles. The van der Waals surface area contributed by atoms with Crippen LogP contribution in [-0.4, -0.2) is 35.6 Å². The molecule has 3 rings (SSSR count). The maximum Gasteiger partial charge on any atom is 0.190 e. The monoisotopic (exact) mass is 455 g/mol. The van der Waals surface area contributed by atoms with E-state index in [1.165, 1.54) is 31.2 Å². The molecule has 0 aliphatic heterocycles. The van der Waals surface area contributed by atoms with E-state index in [0.29, 0.717) is 5.41 Å². The molecule has 0 amide bonds. The van der Waals surface area contributed by atoms with E-state index in [-0.39, 0.29) is 24.0 Å². The molecule has 2 N–H and O–H groups in total. The first kappa shape index (κ1) is 20.0. The molecule has 1 saturated carbocycles. The number of hydrogen-bond acceptors (Lipinski definition) is 2. The molecule has 1 aliphatic rings. The van der Waals surface area contributed by atoms with Crippen molar-refractivity contribution in [2.45, 2.75) is 45.6 Å². The van der Waals surface area contributed by atoms with Crippen molar-refractivity contribution >= 4 is 41.0 Å². The summed E-state index contributed by atoms with van der Waals surface area (Å²) in [5.74, 6) is 0.921. The summed E-state index contributed by atoms with van der Waals surface area (Å²) in [4.78, 5) is 8.78. The largest absolute Gasteiger partial charge is 0.356 e. The first-order chi connectivity index (χ1) is 11.8. The van der Waals surface area contributed by atoms with Gasteiger partial charge in [-0.3, -0.25) is 4.99 Å². The zero-order chi connectivity index (χ0) is 16.8. The van der Waals surface area contributed by atoms with Gasteiger partial charge in [-0.25, -0.2) is 4.98 Å². The zero-order valence-corrected chi connectivity index (χ0v) is 17.6. The van der Waals surface area contributed by atoms with Gasteiger partial charge in [0.1, 0.15) is 0 Å². The lowest BCUT2D eigenvalue weighted by molar-refractivity contribution is 0.131. The summed E-state index contributed by atoms with van der Waals surface area (Å²) in [5, 5.41) is 6.94. The normalized spacial score (nSPS) is 16.2. The van der Waals surface area contributed by atoms with E-state index in [4.69, 9.17) is 0 Å². The maximum atomic E-state index is 4.44. The number of nitrogens with one attached hydrogen (secondary N) is 2. The van der Waals surface area contributed by atoms with Crippen molar-refractivity contribution in [2.75, 3.05) is 20.1 Å². The number of hydrogen-bond donors (Lipinski definition) is 2. The van der Waals surface area contributed by atoms with E-state index < -0.39 is 0 Å². The third kappa shape index (κ3) is 4.86. The van der Waals surface area contributed by atoms with Crippen LogP contribution in [-0.2, 0) is 6.54 Å². The fourth-order valence-corrected chi connectivity index (χ4v) is 3.47. The second kappa shape index (κ2) is 9.40. The molecule has 0 unspecified atom stereocenters. The van der Waals surface area contributed by atoms with E-state index in [2.05, 4.69) is 50.3 Å². The second-order valence-electron chi connectivity index (χ2n) is 6.84. The van der Waals surface area contributed by atoms with Crippen LogP contribution < -0.4 is 10.6 Å². The van der Waals surface area contributed by atoms with Crippen LogP contribution in [0.2, 0.25) is 0 Å². The molecule has 1 aromatic carbocycles. The quantitative estimate of drug-likeness (QED) is 0.289. The van der Waals surface area contributed by atoms with Crippen molar-refractivity contribution in [3.8, 4) is 0 Å². The molecular formula is C19H30IN5. The Kier molecular flexibility index (Phi) is 7.53. The van der Waals surface area contributed by atoms with Gasteiger partial charge in [-0.2, -0.15) is 0 Å². The molecule has 2 aromatic rings. The van der Waals surface area contributed by atoms with Gasteiger partial charge in [0.2, 0.25) is 0 Å².